The highest BCUT2D eigenvalue weighted by atomic mass is 19.1. The first-order valence-electron chi connectivity index (χ1n) is 5.23. The Balaban J connectivity index is 2.73. The minimum atomic E-state index is -0.293. The molecule has 1 N–H and O–H groups in total. The third kappa shape index (κ3) is 3.20. The largest absolute Gasteiger partial charge is 0.494 e. The third-order valence-corrected chi connectivity index (χ3v) is 2.45. The van der Waals surface area contributed by atoms with Crippen LogP contribution in [0.5, 0.6) is 5.75 Å². The van der Waals surface area contributed by atoms with Gasteiger partial charge in [0.05, 0.1) is 7.11 Å². The lowest BCUT2D eigenvalue weighted by Crippen LogP contribution is -2.19. The molecule has 0 aromatic heterocycles. The van der Waals surface area contributed by atoms with Gasteiger partial charge in [-0.1, -0.05) is 19.9 Å². The van der Waals surface area contributed by atoms with E-state index < -0.39 is 0 Å². The second-order valence-electron chi connectivity index (χ2n) is 3.60. The number of methoxy groups -OCH3 is 1. The summed E-state index contributed by atoms with van der Waals surface area (Å²) >= 11 is 0. The molecule has 0 saturated heterocycles. The fourth-order valence-electron chi connectivity index (χ4n) is 1.47. The molecule has 0 amide bonds. The molecule has 0 saturated carbocycles. The number of likely N-dealkylation sites (N-methyl/N-ethyl adjacent to an activating group) is 1. The van der Waals surface area contributed by atoms with Crippen molar-refractivity contribution in [3.63, 3.8) is 0 Å². The maximum absolute atomic E-state index is 13.4. The Morgan fingerprint density at radius 3 is 2.73 bits per heavy atom. The smallest absolute Gasteiger partial charge is 0.165 e. The molecule has 15 heavy (non-hydrogen) atoms. The van der Waals surface area contributed by atoms with Gasteiger partial charge in [0.25, 0.3) is 0 Å². The Bertz CT molecular complexity index is 314. The van der Waals surface area contributed by atoms with Crippen molar-refractivity contribution in [3.05, 3.63) is 29.6 Å². The van der Waals surface area contributed by atoms with Crippen LogP contribution >= 0.6 is 0 Å². The van der Waals surface area contributed by atoms with Crippen molar-refractivity contribution in [1.82, 2.24) is 5.32 Å². The summed E-state index contributed by atoms with van der Waals surface area (Å²) in [6.07, 6.45) is 0. The minimum Gasteiger partial charge on any atom is -0.494 e. The van der Waals surface area contributed by atoms with Crippen molar-refractivity contribution >= 4 is 0 Å². The second-order valence-corrected chi connectivity index (χ2v) is 3.60. The summed E-state index contributed by atoms with van der Waals surface area (Å²) in [4.78, 5) is 0. The summed E-state index contributed by atoms with van der Waals surface area (Å²) in [5, 5.41) is 3.24. The fraction of sp³-hybridized carbons (Fsp3) is 0.500. The minimum absolute atomic E-state index is 0.293. The van der Waals surface area contributed by atoms with Crippen LogP contribution in [0.3, 0.4) is 0 Å². The van der Waals surface area contributed by atoms with Gasteiger partial charge in [-0.2, -0.15) is 0 Å². The number of hydrogen-bond acceptors (Lipinski definition) is 2. The number of hydrogen-bond donors (Lipinski definition) is 1. The van der Waals surface area contributed by atoms with Crippen molar-refractivity contribution in [2.45, 2.75) is 19.8 Å². The number of benzene rings is 1. The molecule has 84 valence electrons. The normalized spacial score (nSPS) is 12.5. The summed E-state index contributed by atoms with van der Waals surface area (Å²) in [5.74, 6) is 0.318. The molecule has 1 aromatic carbocycles. The first-order chi connectivity index (χ1) is 7.19. The maximum Gasteiger partial charge on any atom is 0.165 e. The van der Waals surface area contributed by atoms with E-state index in [0.717, 1.165) is 18.7 Å². The zero-order valence-electron chi connectivity index (χ0n) is 9.51. The van der Waals surface area contributed by atoms with Crippen LogP contribution in [0.15, 0.2) is 18.2 Å². The Hall–Kier alpha value is -1.09. The molecule has 0 bridgehead atoms. The fourth-order valence-corrected chi connectivity index (χ4v) is 1.47. The van der Waals surface area contributed by atoms with E-state index in [4.69, 9.17) is 4.74 Å². The molecule has 0 fully saturated rings. The number of nitrogens with one attached hydrogen (secondary N) is 1. The Morgan fingerprint density at radius 1 is 1.47 bits per heavy atom. The van der Waals surface area contributed by atoms with Crippen LogP contribution in [-0.4, -0.2) is 20.2 Å². The lowest BCUT2D eigenvalue weighted by Gasteiger charge is -2.13. The highest BCUT2D eigenvalue weighted by molar-refractivity contribution is 5.31. The Labute approximate surface area is 90.4 Å². The van der Waals surface area contributed by atoms with Gasteiger partial charge in [0.2, 0.25) is 0 Å². The molecule has 3 heteroatoms. The van der Waals surface area contributed by atoms with Crippen molar-refractivity contribution in [1.29, 1.82) is 0 Å². The van der Waals surface area contributed by atoms with Crippen LogP contribution in [0.2, 0.25) is 0 Å². The van der Waals surface area contributed by atoms with Crippen molar-refractivity contribution in [2.75, 3.05) is 20.2 Å². The average molecular weight is 211 g/mol. The molecule has 0 heterocycles. The molecule has 0 aliphatic rings. The molecule has 0 spiro atoms. The molecule has 1 aromatic rings. The van der Waals surface area contributed by atoms with Gasteiger partial charge in [-0.05, 0) is 30.2 Å². The third-order valence-electron chi connectivity index (χ3n) is 2.45. The van der Waals surface area contributed by atoms with Crippen molar-refractivity contribution in [3.8, 4) is 5.75 Å². The van der Waals surface area contributed by atoms with Gasteiger partial charge in [0.15, 0.2) is 11.6 Å². The topological polar surface area (TPSA) is 21.3 Å². The molecule has 0 aliphatic heterocycles. The summed E-state index contributed by atoms with van der Waals surface area (Å²) in [5.41, 5.74) is 0.995. The van der Waals surface area contributed by atoms with E-state index in [9.17, 15) is 4.39 Å². The SMILES string of the molecule is CCNCC(C)c1ccc(OC)c(F)c1. The van der Waals surface area contributed by atoms with Gasteiger partial charge in [-0.3, -0.25) is 0 Å². The van der Waals surface area contributed by atoms with Crippen LogP contribution in [0, 0.1) is 5.82 Å². The summed E-state index contributed by atoms with van der Waals surface area (Å²) in [6, 6.07) is 5.12. The Kier molecular flexibility index (Phi) is 4.56. The lowest BCUT2D eigenvalue weighted by atomic mass is 10.0. The summed E-state index contributed by atoms with van der Waals surface area (Å²) in [6.45, 7) is 5.93. The van der Waals surface area contributed by atoms with Gasteiger partial charge in [-0.25, -0.2) is 4.39 Å². The quantitative estimate of drug-likeness (QED) is 0.808. The monoisotopic (exact) mass is 211 g/mol. The summed E-state index contributed by atoms with van der Waals surface area (Å²) in [7, 11) is 1.47. The predicted molar refractivity (Wildman–Crippen MR) is 59.9 cm³/mol. The Morgan fingerprint density at radius 2 is 2.20 bits per heavy atom. The lowest BCUT2D eigenvalue weighted by molar-refractivity contribution is 0.386. The zero-order valence-corrected chi connectivity index (χ0v) is 9.51. The number of rotatable bonds is 5. The van der Waals surface area contributed by atoms with Gasteiger partial charge in [-0.15, -0.1) is 0 Å². The van der Waals surface area contributed by atoms with E-state index in [0.29, 0.717) is 11.7 Å². The average Bonchev–Trinajstić information content (AvgIpc) is 2.25. The highest BCUT2D eigenvalue weighted by Crippen LogP contribution is 2.22. The second kappa shape index (κ2) is 5.71. The zero-order chi connectivity index (χ0) is 11.3. The molecule has 1 unspecified atom stereocenters. The first kappa shape index (κ1) is 12.0. The number of ether oxygens (including phenoxy) is 1. The molecular weight excluding hydrogens is 193 g/mol. The van der Waals surface area contributed by atoms with E-state index in [1.165, 1.54) is 7.11 Å². The van der Waals surface area contributed by atoms with Gasteiger partial charge < -0.3 is 10.1 Å². The van der Waals surface area contributed by atoms with E-state index in [2.05, 4.69) is 19.2 Å². The molecule has 1 atom stereocenters. The standard InChI is InChI=1S/C12H18FNO/c1-4-14-8-9(2)10-5-6-12(15-3)11(13)7-10/h5-7,9,14H,4,8H2,1-3H3. The maximum atomic E-state index is 13.4. The van der Waals surface area contributed by atoms with Crippen molar-refractivity contribution in [2.24, 2.45) is 0 Å². The molecule has 0 radical (unpaired) electrons. The van der Waals surface area contributed by atoms with Crippen LogP contribution in [0.25, 0.3) is 0 Å². The molecule has 0 aliphatic carbocycles. The van der Waals surface area contributed by atoms with E-state index >= 15 is 0 Å². The van der Waals surface area contributed by atoms with E-state index in [-0.39, 0.29) is 5.82 Å². The summed E-state index contributed by atoms with van der Waals surface area (Å²) < 4.78 is 18.3. The van der Waals surface area contributed by atoms with E-state index in [1.807, 2.05) is 6.07 Å². The molecular formula is C12H18FNO. The first-order valence-corrected chi connectivity index (χ1v) is 5.23. The van der Waals surface area contributed by atoms with Crippen LogP contribution in [-0.2, 0) is 0 Å². The van der Waals surface area contributed by atoms with Crippen LogP contribution < -0.4 is 10.1 Å². The van der Waals surface area contributed by atoms with Gasteiger partial charge in [0, 0.05) is 6.54 Å². The van der Waals surface area contributed by atoms with Gasteiger partial charge >= 0.3 is 0 Å². The molecule has 1 rings (SSSR count). The highest BCUT2D eigenvalue weighted by Gasteiger charge is 2.08. The van der Waals surface area contributed by atoms with Crippen LogP contribution in [0.1, 0.15) is 25.3 Å². The van der Waals surface area contributed by atoms with Gasteiger partial charge in [0.1, 0.15) is 0 Å². The van der Waals surface area contributed by atoms with E-state index in [1.54, 1.807) is 12.1 Å². The predicted octanol–water partition coefficient (Wildman–Crippen LogP) is 2.55. The number of halogens is 1. The van der Waals surface area contributed by atoms with Crippen LogP contribution in [0.4, 0.5) is 4.39 Å². The van der Waals surface area contributed by atoms with Crippen molar-refractivity contribution < 1.29 is 9.13 Å². The molecule has 2 nitrogen and oxygen atoms in total.